The van der Waals surface area contributed by atoms with Gasteiger partial charge in [-0.1, -0.05) is 18.2 Å². The number of hydrogen-bond donors (Lipinski definition) is 2. The van der Waals surface area contributed by atoms with Crippen molar-refractivity contribution in [2.24, 2.45) is 0 Å². The average Bonchev–Trinajstić information content (AvgIpc) is 3.14. The molecule has 0 saturated carbocycles. The number of nitrogens with zero attached hydrogens (tertiary/aromatic N) is 1. The van der Waals surface area contributed by atoms with Crippen molar-refractivity contribution in [3.8, 4) is 0 Å². The van der Waals surface area contributed by atoms with Gasteiger partial charge in [-0.05, 0) is 37.6 Å². The van der Waals surface area contributed by atoms with Crippen LogP contribution in [0.15, 0.2) is 47.1 Å². The Balaban J connectivity index is 1.74. The van der Waals surface area contributed by atoms with Crippen molar-refractivity contribution in [1.82, 2.24) is 10.2 Å². The Hall–Kier alpha value is -3.09. The summed E-state index contributed by atoms with van der Waals surface area (Å²) in [4.78, 5) is 37.8. The normalized spacial score (nSPS) is 20.2. The van der Waals surface area contributed by atoms with Gasteiger partial charge in [-0.3, -0.25) is 14.5 Å². The number of hydrogen-bond acceptors (Lipinski definition) is 4. The predicted octanol–water partition coefficient (Wildman–Crippen LogP) is 1.99. The molecule has 0 aliphatic carbocycles. The van der Waals surface area contributed by atoms with E-state index in [9.17, 15) is 14.4 Å². The van der Waals surface area contributed by atoms with Crippen molar-refractivity contribution in [3.63, 3.8) is 0 Å². The lowest BCUT2D eigenvalue weighted by Crippen LogP contribution is -2.41. The van der Waals surface area contributed by atoms with Crippen molar-refractivity contribution in [2.45, 2.75) is 19.4 Å². The number of aryl methyl sites for hydroxylation is 1. The van der Waals surface area contributed by atoms with Crippen LogP contribution in [0.4, 0.5) is 10.5 Å². The molecule has 1 atom stereocenters. The molecule has 1 aromatic carbocycles. The largest absolute Gasteiger partial charge is 0.466 e. The van der Waals surface area contributed by atoms with E-state index in [-0.39, 0.29) is 6.54 Å². The van der Waals surface area contributed by atoms with Gasteiger partial charge in [-0.25, -0.2) is 4.79 Å². The highest BCUT2D eigenvalue weighted by Crippen LogP contribution is 2.29. The van der Waals surface area contributed by atoms with E-state index >= 15 is 0 Å². The fraction of sp³-hybridized carbons (Fsp3) is 0.235. The molecule has 2 aromatic rings. The van der Waals surface area contributed by atoms with Crippen LogP contribution in [-0.2, 0) is 15.1 Å². The number of para-hydroxylation sites is 1. The van der Waals surface area contributed by atoms with Crippen molar-refractivity contribution >= 4 is 23.5 Å². The summed E-state index contributed by atoms with van der Waals surface area (Å²) < 4.78 is 5.24. The van der Waals surface area contributed by atoms with E-state index in [1.54, 1.807) is 31.2 Å². The number of carbonyl (C=O) groups excluding carboxylic acids is 3. The van der Waals surface area contributed by atoms with E-state index in [1.807, 2.05) is 19.1 Å². The maximum Gasteiger partial charge on any atom is 0.325 e. The van der Waals surface area contributed by atoms with Gasteiger partial charge in [0.1, 0.15) is 12.3 Å². The van der Waals surface area contributed by atoms with E-state index in [2.05, 4.69) is 10.6 Å². The number of urea groups is 1. The molecular formula is C17H17N3O4. The van der Waals surface area contributed by atoms with Gasteiger partial charge in [0.2, 0.25) is 5.91 Å². The van der Waals surface area contributed by atoms with Crippen LogP contribution in [-0.4, -0.2) is 29.3 Å². The van der Waals surface area contributed by atoms with Crippen LogP contribution >= 0.6 is 0 Å². The summed E-state index contributed by atoms with van der Waals surface area (Å²) in [6.07, 6.45) is 1.42. The summed E-state index contributed by atoms with van der Waals surface area (Å²) in [6, 6.07) is 9.88. The van der Waals surface area contributed by atoms with E-state index in [0.717, 1.165) is 10.5 Å². The zero-order valence-corrected chi connectivity index (χ0v) is 13.3. The van der Waals surface area contributed by atoms with Crippen molar-refractivity contribution < 1.29 is 18.8 Å². The van der Waals surface area contributed by atoms with Gasteiger partial charge in [0.05, 0.1) is 6.26 Å². The molecule has 1 fully saturated rings. The molecule has 7 heteroatoms. The summed E-state index contributed by atoms with van der Waals surface area (Å²) in [7, 11) is 0. The Labute approximate surface area is 138 Å². The van der Waals surface area contributed by atoms with E-state index in [1.165, 1.54) is 6.26 Å². The molecule has 2 heterocycles. The second kappa shape index (κ2) is 5.84. The molecule has 2 N–H and O–H groups in total. The number of nitrogens with one attached hydrogen (secondary N) is 2. The molecule has 1 aliphatic rings. The van der Waals surface area contributed by atoms with Gasteiger partial charge < -0.3 is 15.1 Å². The molecule has 1 aromatic heterocycles. The monoisotopic (exact) mass is 327 g/mol. The molecule has 7 nitrogen and oxygen atoms in total. The summed E-state index contributed by atoms with van der Waals surface area (Å²) in [5.41, 5.74) is 0.232. The molecular weight excluding hydrogens is 310 g/mol. The van der Waals surface area contributed by atoms with Crippen LogP contribution in [0, 0.1) is 6.92 Å². The van der Waals surface area contributed by atoms with Crippen LogP contribution < -0.4 is 10.6 Å². The molecule has 0 unspecified atom stereocenters. The Kier molecular flexibility index (Phi) is 3.84. The summed E-state index contributed by atoms with van der Waals surface area (Å²) in [6.45, 7) is 3.04. The van der Waals surface area contributed by atoms with Crippen LogP contribution in [0.2, 0.25) is 0 Å². The first-order valence-corrected chi connectivity index (χ1v) is 7.45. The first kappa shape index (κ1) is 15.8. The zero-order valence-electron chi connectivity index (χ0n) is 13.3. The maximum absolute atomic E-state index is 12.6. The standard InChI is InChI=1S/C17H17N3O4/c1-11-6-3-4-7-12(11)18-14(21)10-20-15(22)17(2,19-16(20)23)13-8-5-9-24-13/h3-9H,10H2,1-2H3,(H,18,21)(H,19,23)/t17-/m0/s1. The fourth-order valence-corrected chi connectivity index (χ4v) is 2.62. The van der Waals surface area contributed by atoms with E-state index < -0.39 is 23.4 Å². The van der Waals surface area contributed by atoms with Gasteiger partial charge in [-0.15, -0.1) is 0 Å². The summed E-state index contributed by atoms with van der Waals surface area (Å²) in [5.74, 6) is -0.651. The fourth-order valence-electron chi connectivity index (χ4n) is 2.62. The van der Waals surface area contributed by atoms with E-state index in [0.29, 0.717) is 11.4 Å². The predicted molar refractivity (Wildman–Crippen MR) is 86.1 cm³/mol. The Morgan fingerprint density at radius 1 is 1.25 bits per heavy atom. The average molecular weight is 327 g/mol. The lowest BCUT2D eigenvalue weighted by molar-refractivity contribution is -0.134. The molecule has 1 aliphatic heterocycles. The Morgan fingerprint density at radius 3 is 2.67 bits per heavy atom. The number of amides is 4. The molecule has 0 bridgehead atoms. The SMILES string of the molecule is Cc1ccccc1NC(=O)CN1C(=O)N[C@@](C)(c2ccco2)C1=O. The van der Waals surface area contributed by atoms with Gasteiger partial charge >= 0.3 is 6.03 Å². The number of imide groups is 1. The lowest BCUT2D eigenvalue weighted by atomic mass is 9.99. The van der Waals surface area contributed by atoms with Gasteiger partial charge in [-0.2, -0.15) is 0 Å². The van der Waals surface area contributed by atoms with Gasteiger partial charge in [0.25, 0.3) is 5.91 Å². The smallest absolute Gasteiger partial charge is 0.325 e. The molecule has 3 rings (SSSR count). The zero-order chi connectivity index (χ0) is 17.3. The molecule has 24 heavy (non-hydrogen) atoms. The van der Waals surface area contributed by atoms with Crippen LogP contribution in [0.25, 0.3) is 0 Å². The quantitative estimate of drug-likeness (QED) is 0.840. The Bertz CT molecular complexity index is 800. The number of anilines is 1. The van der Waals surface area contributed by atoms with Gasteiger partial charge in [0.15, 0.2) is 5.54 Å². The number of furan rings is 1. The van der Waals surface area contributed by atoms with Crippen molar-refractivity contribution in [3.05, 3.63) is 54.0 Å². The minimum Gasteiger partial charge on any atom is -0.466 e. The molecule has 124 valence electrons. The topological polar surface area (TPSA) is 91.7 Å². The van der Waals surface area contributed by atoms with E-state index in [4.69, 9.17) is 4.42 Å². The lowest BCUT2D eigenvalue weighted by Gasteiger charge is -2.19. The van der Waals surface area contributed by atoms with Crippen molar-refractivity contribution in [2.75, 3.05) is 11.9 Å². The van der Waals surface area contributed by atoms with Crippen LogP contribution in [0.3, 0.4) is 0 Å². The summed E-state index contributed by atoms with van der Waals surface area (Å²) in [5, 5.41) is 5.28. The molecule has 0 radical (unpaired) electrons. The minimum absolute atomic E-state index is 0.322. The minimum atomic E-state index is -1.30. The number of carbonyl (C=O) groups is 3. The maximum atomic E-state index is 12.6. The third-order valence-electron chi connectivity index (χ3n) is 4.01. The number of benzene rings is 1. The van der Waals surface area contributed by atoms with Crippen molar-refractivity contribution in [1.29, 1.82) is 0 Å². The third-order valence-corrected chi connectivity index (χ3v) is 4.01. The highest BCUT2D eigenvalue weighted by molar-refractivity contribution is 6.10. The molecule has 0 spiro atoms. The number of rotatable bonds is 4. The first-order chi connectivity index (χ1) is 11.4. The third kappa shape index (κ3) is 2.64. The van der Waals surface area contributed by atoms with Gasteiger partial charge in [0, 0.05) is 5.69 Å². The van der Waals surface area contributed by atoms with Crippen LogP contribution in [0.1, 0.15) is 18.2 Å². The second-order valence-corrected chi connectivity index (χ2v) is 5.79. The first-order valence-electron chi connectivity index (χ1n) is 7.45. The molecule has 1 saturated heterocycles. The Morgan fingerprint density at radius 2 is 2.00 bits per heavy atom. The summed E-state index contributed by atoms with van der Waals surface area (Å²) >= 11 is 0. The van der Waals surface area contributed by atoms with Crippen LogP contribution in [0.5, 0.6) is 0 Å². The highest BCUT2D eigenvalue weighted by atomic mass is 16.3. The molecule has 4 amide bonds. The highest BCUT2D eigenvalue weighted by Gasteiger charge is 2.51. The second-order valence-electron chi connectivity index (χ2n) is 5.79.